The first kappa shape index (κ1) is 8.81. The van der Waals surface area contributed by atoms with Crippen LogP contribution in [0.25, 0.3) is 11.3 Å². The fraction of sp³-hybridized carbons (Fsp3) is 0.0909. The average molecular weight is 188 g/mol. The molecule has 0 amide bonds. The zero-order valence-corrected chi connectivity index (χ0v) is 7.74. The van der Waals surface area contributed by atoms with E-state index in [2.05, 4.69) is 9.97 Å². The lowest BCUT2D eigenvalue weighted by Crippen LogP contribution is -1.86. The van der Waals surface area contributed by atoms with Crippen molar-refractivity contribution in [1.29, 1.82) is 0 Å². The molecule has 0 atom stereocenters. The minimum atomic E-state index is -0.282. The summed E-state index contributed by atoms with van der Waals surface area (Å²) in [5.74, 6) is -0.282. The van der Waals surface area contributed by atoms with Gasteiger partial charge in [-0.2, -0.15) is 0 Å². The molecule has 0 saturated carbocycles. The summed E-state index contributed by atoms with van der Waals surface area (Å²) in [6.07, 6.45) is 3.14. The minimum absolute atomic E-state index is 0.282. The molecule has 3 heteroatoms. The molecule has 0 aliphatic heterocycles. The van der Waals surface area contributed by atoms with Crippen LogP contribution in [-0.4, -0.2) is 9.97 Å². The number of halogens is 1. The Morgan fingerprint density at radius 3 is 2.64 bits per heavy atom. The Hall–Kier alpha value is -1.77. The van der Waals surface area contributed by atoms with Crippen LogP contribution in [-0.2, 0) is 0 Å². The van der Waals surface area contributed by atoms with Crippen LogP contribution in [0.15, 0.2) is 36.7 Å². The van der Waals surface area contributed by atoms with Crippen molar-refractivity contribution >= 4 is 0 Å². The molecule has 2 aromatic rings. The van der Waals surface area contributed by atoms with Crippen molar-refractivity contribution < 1.29 is 4.39 Å². The Bertz CT molecular complexity index is 437. The van der Waals surface area contributed by atoms with Gasteiger partial charge in [-0.15, -0.1) is 0 Å². The van der Waals surface area contributed by atoms with E-state index in [4.69, 9.17) is 0 Å². The van der Waals surface area contributed by atoms with Crippen molar-refractivity contribution in [3.63, 3.8) is 0 Å². The largest absolute Gasteiger partial charge is 0.261 e. The third kappa shape index (κ3) is 1.76. The van der Waals surface area contributed by atoms with E-state index in [9.17, 15) is 4.39 Å². The van der Waals surface area contributed by atoms with Crippen molar-refractivity contribution in [3.05, 3.63) is 48.2 Å². The summed E-state index contributed by atoms with van der Waals surface area (Å²) in [5, 5.41) is 0. The van der Waals surface area contributed by atoms with Gasteiger partial charge in [-0.25, -0.2) is 4.39 Å². The highest BCUT2D eigenvalue weighted by atomic mass is 19.1. The highest BCUT2D eigenvalue weighted by molar-refractivity contribution is 5.57. The molecule has 0 aliphatic carbocycles. The molecule has 0 saturated heterocycles. The number of pyridine rings is 2. The lowest BCUT2D eigenvalue weighted by Gasteiger charge is -1.99. The number of hydrogen-bond acceptors (Lipinski definition) is 2. The van der Waals surface area contributed by atoms with Crippen molar-refractivity contribution in [2.75, 3.05) is 0 Å². The zero-order valence-electron chi connectivity index (χ0n) is 7.74. The van der Waals surface area contributed by atoms with Gasteiger partial charge in [0, 0.05) is 29.7 Å². The van der Waals surface area contributed by atoms with Crippen LogP contribution in [0.1, 0.15) is 5.69 Å². The summed E-state index contributed by atoms with van der Waals surface area (Å²) in [5.41, 5.74) is 2.37. The topological polar surface area (TPSA) is 25.8 Å². The van der Waals surface area contributed by atoms with Crippen LogP contribution in [0.2, 0.25) is 0 Å². The van der Waals surface area contributed by atoms with Crippen LogP contribution >= 0.6 is 0 Å². The summed E-state index contributed by atoms with van der Waals surface area (Å²) in [6, 6.07) is 6.48. The number of hydrogen-bond donors (Lipinski definition) is 0. The van der Waals surface area contributed by atoms with Gasteiger partial charge in [-0.3, -0.25) is 9.97 Å². The quantitative estimate of drug-likeness (QED) is 0.687. The van der Waals surface area contributed by atoms with Crippen molar-refractivity contribution in [2.24, 2.45) is 0 Å². The predicted molar refractivity (Wildman–Crippen MR) is 52.2 cm³/mol. The molecule has 2 aromatic heterocycles. The Balaban J connectivity index is 2.44. The van der Waals surface area contributed by atoms with Gasteiger partial charge < -0.3 is 0 Å². The van der Waals surface area contributed by atoms with Gasteiger partial charge >= 0.3 is 0 Å². The summed E-state index contributed by atoms with van der Waals surface area (Å²) >= 11 is 0. The van der Waals surface area contributed by atoms with Crippen LogP contribution in [0.3, 0.4) is 0 Å². The highest BCUT2D eigenvalue weighted by Crippen LogP contribution is 2.16. The molecule has 0 bridgehead atoms. The average Bonchev–Trinajstić information content (AvgIpc) is 2.19. The smallest absolute Gasteiger partial charge is 0.126 e. The Morgan fingerprint density at radius 2 is 2.00 bits per heavy atom. The third-order valence-corrected chi connectivity index (χ3v) is 1.93. The van der Waals surface area contributed by atoms with Crippen LogP contribution in [0, 0.1) is 12.7 Å². The molecular formula is C11H9FN2. The standard InChI is InChI=1S/C11H9FN2/c1-8-2-3-9(7-14-8)11-6-10(12)4-5-13-11/h2-7H,1H3. The second-order valence-corrected chi connectivity index (χ2v) is 3.05. The predicted octanol–water partition coefficient (Wildman–Crippen LogP) is 2.59. The summed E-state index contributed by atoms with van der Waals surface area (Å²) in [7, 11) is 0. The summed E-state index contributed by atoms with van der Waals surface area (Å²) in [4.78, 5) is 8.18. The summed E-state index contributed by atoms with van der Waals surface area (Å²) in [6.45, 7) is 1.91. The molecule has 0 spiro atoms. The van der Waals surface area contributed by atoms with Gasteiger partial charge in [0.1, 0.15) is 5.82 Å². The third-order valence-electron chi connectivity index (χ3n) is 1.93. The van der Waals surface area contributed by atoms with Gasteiger partial charge in [0.05, 0.1) is 5.69 Å². The molecule has 0 unspecified atom stereocenters. The molecule has 0 aliphatic rings. The molecule has 0 fully saturated rings. The Labute approximate surface area is 81.5 Å². The number of aryl methyl sites for hydroxylation is 1. The van der Waals surface area contributed by atoms with Gasteiger partial charge in [0.15, 0.2) is 0 Å². The van der Waals surface area contributed by atoms with E-state index in [1.54, 1.807) is 6.20 Å². The van der Waals surface area contributed by atoms with E-state index >= 15 is 0 Å². The van der Waals surface area contributed by atoms with E-state index in [1.165, 1.54) is 18.3 Å². The second kappa shape index (κ2) is 3.54. The first-order valence-electron chi connectivity index (χ1n) is 4.30. The van der Waals surface area contributed by atoms with E-state index in [0.717, 1.165) is 11.3 Å². The fourth-order valence-corrected chi connectivity index (χ4v) is 1.18. The van der Waals surface area contributed by atoms with Gasteiger partial charge in [0.25, 0.3) is 0 Å². The van der Waals surface area contributed by atoms with E-state index in [-0.39, 0.29) is 5.82 Å². The lowest BCUT2D eigenvalue weighted by molar-refractivity contribution is 0.626. The van der Waals surface area contributed by atoms with Crippen LogP contribution < -0.4 is 0 Å². The monoisotopic (exact) mass is 188 g/mol. The molecule has 14 heavy (non-hydrogen) atoms. The Kier molecular flexibility index (Phi) is 2.23. The molecular weight excluding hydrogens is 179 g/mol. The maximum atomic E-state index is 12.9. The molecule has 0 N–H and O–H groups in total. The highest BCUT2D eigenvalue weighted by Gasteiger charge is 2.00. The second-order valence-electron chi connectivity index (χ2n) is 3.05. The maximum Gasteiger partial charge on any atom is 0.126 e. The van der Waals surface area contributed by atoms with Gasteiger partial charge in [-0.1, -0.05) is 0 Å². The van der Waals surface area contributed by atoms with Gasteiger partial charge in [0.2, 0.25) is 0 Å². The molecule has 2 nitrogen and oxygen atoms in total. The minimum Gasteiger partial charge on any atom is -0.261 e. The van der Waals surface area contributed by atoms with E-state index in [1.807, 2.05) is 19.1 Å². The SMILES string of the molecule is Cc1ccc(-c2cc(F)ccn2)cn1. The first-order chi connectivity index (χ1) is 6.75. The number of aromatic nitrogens is 2. The molecule has 2 heterocycles. The van der Waals surface area contributed by atoms with E-state index < -0.39 is 0 Å². The fourth-order valence-electron chi connectivity index (χ4n) is 1.18. The lowest BCUT2D eigenvalue weighted by atomic mass is 10.2. The molecule has 2 rings (SSSR count). The Morgan fingerprint density at radius 1 is 1.14 bits per heavy atom. The first-order valence-corrected chi connectivity index (χ1v) is 4.30. The normalized spacial score (nSPS) is 10.1. The maximum absolute atomic E-state index is 12.9. The molecule has 70 valence electrons. The van der Waals surface area contributed by atoms with Crippen molar-refractivity contribution in [1.82, 2.24) is 9.97 Å². The molecule has 0 radical (unpaired) electrons. The zero-order chi connectivity index (χ0) is 9.97. The molecule has 0 aromatic carbocycles. The number of rotatable bonds is 1. The van der Waals surface area contributed by atoms with Crippen molar-refractivity contribution in [2.45, 2.75) is 6.92 Å². The number of nitrogens with zero attached hydrogens (tertiary/aromatic N) is 2. The van der Waals surface area contributed by atoms with Crippen LogP contribution in [0.5, 0.6) is 0 Å². The summed E-state index contributed by atoms with van der Waals surface area (Å²) < 4.78 is 12.9. The van der Waals surface area contributed by atoms with Crippen molar-refractivity contribution in [3.8, 4) is 11.3 Å². The van der Waals surface area contributed by atoms with Gasteiger partial charge in [-0.05, 0) is 25.1 Å². The van der Waals surface area contributed by atoms with E-state index in [0.29, 0.717) is 5.69 Å². The van der Waals surface area contributed by atoms with Crippen LogP contribution in [0.4, 0.5) is 4.39 Å².